The van der Waals surface area contributed by atoms with E-state index in [0.717, 1.165) is 30.7 Å². The van der Waals surface area contributed by atoms with Crippen molar-refractivity contribution in [1.29, 1.82) is 0 Å². The Labute approximate surface area is 99.5 Å². The Hall–Kier alpha value is -0.820. The average molecular weight is 220 g/mol. The summed E-state index contributed by atoms with van der Waals surface area (Å²) in [6.45, 7) is 6.60. The summed E-state index contributed by atoms with van der Waals surface area (Å²) in [4.78, 5) is 0. The van der Waals surface area contributed by atoms with Crippen LogP contribution < -0.4 is 0 Å². The lowest BCUT2D eigenvalue weighted by Gasteiger charge is -2.12. The van der Waals surface area contributed by atoms with Crippen molar-refractivity contribution in [3.05, 3.63) is 35.4 Å². The smallest absolute Gasteiger partial charge is 0.0790 e. The van der Waals surface area contributed by atoms with Crippen molar-refractivity contribution in [3.8, 4) is 0 Å². The molecular weight excluding hydrogens is 196 g/mol. The van der Waals surface area contributed by atoms with Crippen LogP contribution in [0.3, 0.4) is 0 Å². The maximum Gasteiger partial charge on any atom is 0.0790 e. The van der Waals surface area contributed by atoms with Crippen LogP contribution in [0.1, 0.15) is 57.3 Å². The molecule has 0 aliphatic carbocycles. The lowest BCUT2D eigenvalue weighted by atomic mass is 9.99. The van der Waals surface area contributed by atoms with Crippen LogP contribution in [0, 0.1) is 5.92 Å². The van der Waals surface area contributed by atoms with Crippen molar-refractivity contribution in [3.63, 3.8) is 0 Å². The number of aliphatic hydroxyl groups excluding tert-OH is 1. The van der Waals surface area contributed by atoms with Crippen molar-refractivity contribution < 1.29 is 5.11 Å². The second-order valence-corrected chi connectivity index (χ2v) is 4.94. The summed E-state index contributed by atoms with van der Waals surface area (Å²) in [5, 5.41) is 10.00. The molecular formula is C15H24O. The number of aliphatic hydroxyl groups is 1. The van der Waals surface area contributed by atoms with Crippen molar-refractivity contribution in [1.82, 2.24) is 0 Å². The fourth-order valence-corrected chi connectivity index (χ4v) is 1.86. The third kappa shape index (κ3) is 4.36. The number of aryl methyl sites for hydroxylation is 1. The van der Waals surface area contributed by atoms with Crippen molar-refractivity contribution in [2.45, 2.75) is 52.6 Å². The molecule has 90 valence electrons. The van der Waals surface area contributed by atoms with E-state index in [-0.39, 0.29) is 6.10 Å². The number of hydrogen-bond acceptors (Lipinski definition) is 1. The molecule has 16 heavy (non-hydrogen) atoms. The molecule has 1 aromatic rings. The topological polar surface area (TPSA) is 20.2 Å². The molecule has 0 fully saturated rings. The molecule has 1 aromatic carbocycles. The van der Waals surface area contributed by atoms with E-state index in [0.29, 0.717) is 0 Å². The van der Waals surface area contributed by atoms with Crippen LogP contribution in [0.5, 0.6) is 0 Å². The van der Waals surface area contributed by atoms with Crippen molar-refractivity contribution >= 4 is 0 Å². The van der Waals surface area contributed by atoms with Gasteiger partial charge < -0.3 is 5.11 Å². The lowest BCUT2D eigenvalue weighted by Crippen LogP contribution is -1.99. The summed E-state index contributed by atoms with van der Waals surface area (Å²) in [6.07, 6.45) is 3.95. The molecule has 0 heterocycles. The zero-order valence-electron chi connectivity index (χ0n) is 10.7. The third-order valence-electron chi connectivity index (χ3n) is 3.03. The minimum Gasteiger partial charge on any atom is -0.388 e. The van der Waals surface area contributed by atoms with E-state index in [9.17, 15) is 5.11 Å². The van der Waals surface area contributed by atoms with Gasteiger partial charge in [0.25, 0.3) is 0 Å². The molecule has 0 saturated carbocycles. The largest absolute Gasteiger partial charge is 0.388 e. The van der Waals surface area contributed by atoms with Gasteiger partial charge in [0.05, 0.1) is 6.10 Å². The number of rotatable bonds is 6. The van der Waals surface area contributed by atoms with Crippen LogP contribution in [0.15, 0.2) is 24.3 Å². The van der Waals surface area contributed by atoms with E-state index in [1.54, 1.807) is 0 Å². The van der Waals surface area contributed by atoms with Gasteiger partial charge in [-0.2, -0.15) is 0 Å². The molecule has 0 aliphatic heterocycles. The van der Waals surface area contributed by atoms with Gasteiger partial charge in [-0.25, -0.2) is 0 Å². The van der Waals surface area contributed by atoms with E-state index in [1.807, 2.05) is 0 Å². The highest BCUT2D eigenvalue weighted by atomic mass is 16.3. The van der Waals surface area contributed by atoms with Gasteiger partial charge in [-0.05, 0) is 29.9 Å². The Kier molecular flexibility index (Phi) is 5.54. The summed E-state index contributed by atoms with van der Waals surface area (Å²) < 4.78 is 0. The van der Waals surface area contributed by atoms with Crippen LogP contribution in [0.2, 0.25) is 0 Å². The van der Waals surface area contributed by atoms with Crippen molar-refractivity contribution in [2.24, 2.45) is 5.92 Å². The quantitative estimate of drug-likeness (QED) is 0.765. The van der Waals surface area contributed by atoms with Gasteiger partial charge >= 0.3 is 0 Å². The highest BCUT2D eigenvalue weighted by molar-refractivity contribution is 5.23. The molecule has 0 spiro atoms. The van der Waals surface area contributed by atoms with E-state index in [4.69, 9.17) is 0 Å². The molecule has 0 aromatic heterocycles. The molecule has 1 N–H and O–H groups in total. The van der Waals surface area contributed by atoms with E-state index in [2.05, 4.69) is 45.0 Å². The molecule has 1 nitrogen and oxygen atoms in total. The van der Waals surface area contributed by atoms with Crippen LogP contribution in [-0.4, -0.2) is 5.11 Å². The summed E-state index contributed by atoms with van der Waals surface area (Å²) in [5.41, 5.74) is 2.39. The second-order valence-electron chi connectivity index (χ2n) is 4.94. The normalized spacial score (nSPS) is 13.1. The predicted molar refractivity (Wildman–Crippen MR) is 69.5 cm³/mol. The van der Waals surface area contributed by atoms with Gasteiger partial charge in [-0.1, -0.05) is 57.9 Å². The molecule has 0 radical (unpaired) electrons. The van der Waals surface area contributed by atoms with E-state index < -0.39 is 0 Å². The van der Waals surface area contributed by atoms with Gasteiger partial charge in [-0.3, -0.25) is 0 Å². The van der Waals surface area contributed by atoms with Gasteiger partial charge in [0, 0.05) is 0 Å². The maximum absolute atomic E-state index is 10.00. The summed E-state index contributed by atoms with van der Waals surface area (Å²) in [6, 6.07) is 8.33. The SMILES string of the molecule is CCc1ccc(C(O)CCCC(C)C)cc1. The first-order valence-electron chi connectivity index (χ1n) is 6.40. The van der Waals surface area contributed by atoms with Gasteiger partial charge in [0.2, 0.25) is 0 Å². The van der Waals surface area contributed by atoms with Crippen LogP contribution in [-0.2, 0) is 6.42 Å². The van der Waals surface area contributed by atoms with Crippen molar-refractivity contribution in [2.75, 3.05) is 0 Å². The molecule has 1 heteroatoms. The molecule has 1 unspecified atom stereocenters. The number of hydrogen-bond donors (Lipinski definition) is 1. The average Bonchev–Trinajstić information content (AvgIpc) is 2.28. The fourth-order valence-electron chi connectivity index (χ4n) is 1.86. The molecule has 0 bridgehead atoms. The Morgan fingerprint density at radius 2 is 1.69 bits per heavy atom. The first kappa shape index (κ1) is 13.2. The first-order chi connectivity index (χ1) is 7.63. The Morgan fingerprint density at radius 3 is 2.19 bits per heavy atom. The molecule has 0 saturated heterocycles. The summed E-state index contributed by atoms with van der Waals surface area (Å²) in [5.74, 6) is 0.731. The second kappa shape index (κ2) is 6.70. The predicted octanol–water partition coefficient (Wildman–Crippen LogP) is 4.11. The van der Waals surface area contributed by atoms with E-state index >= 15 is 0 Å². The minimum atomic E-state index is -0.287. The Balaban J connectivity index is 2.43. The molecule has 1 rings (SSSR count). The van der Waals surface area contributed by atoms with Gasteiger partial charge in [0.15, 0.2) is 0 Å². The summed E-state index contributed by atoms with van der Waals surface area (Å²) in [7, 11) is 0. The Bertz CT molecular complexity index is 287. The molecule has 0 amide bonds. The van der Waals surface area contributed by atoms with Crippen LogP contribution in [0.4, 0.5) is 0 Å². The molecule has 0 aliphatic rings. The van der Waals surface area contributed by atoms with E-state index in [1.165, 1.54) is 12.0 Å². The standard InChI is InChI=1S/C15H24O/c1-4-13-8-10-14(11-9-13)15(16)7-5-6-12(2)3/h8-12,15-16H,4-7H2,1-3H3. The number of benzene rings is 1. The first-order valence-corrected chi connectivity index (χ1v) is 6.40. The monoisotopic (exact) mass is 220 g/mol. The molecule has 1 atom stereocenters. The maximum atomic E-state index is 10.00. The lowest BCUT2D eigenvalue weighted by molar-refractivity contribution is 0.162. The Morgan fingerprint density at radius 1 is 1.06 bits per heavy atom. The van der Waals surface area contributed by atoms with Crippen LogP contribution >= 0.6 is 0 Å². The minimum absolute atomic E-state index is 0.287. The fraction of sp³-hybridized carbons (Fsp3) is 0.600. The van der Waals surface area contributed by atoms with Crippen LogP contribution in [0.25, 0.3) is 0 Å². The van der Waals surface area contributed by atoms with Gasteiger partial charge in [0.1, 0.15) is 0 Å². The zero-order chi connectivity index (χ0) is 12.0. The third-order valence-corrected chi connectivity index (χ3v) is 3.03. The highest BCUT2D eigenvalue weighted by Gasteiger charge is 2.07. The highest BCUT2D eigenvalue weighted by Crippen LogP contribution is 2.21. The van der Waals surface area contributed by atoms with Gasteiger partial charge in [-0.15, -0.1) is 0 Å². The zero-order valence-corrected chi connectivity index (χ0v) is 10.7. The summed E-state index contributed by atoms with van der Waals surface area (Å²) >= 11 is 0.